The second kappa shape index (κ2) is 44.7. The Balaban J connectivity index is 2.39. The van der Waals surface area contributed by atoms with E-state index in [9.17, 15) is 44.6 Å². The highest BCUT2D eigenvalue weighted by molar-refractivity contribution is 7.47. The first-order valence-electron chi connectivity index (χ1n) is 27.8. The quantitative estimate of drug-likeness (QED) is 0.0145. The minimum absolute atomic E-state index is 0.0423. The van der Waals surface area contributed by atoms with Crippen LogP contribution in [-0.4, -0.2) is 98.3 Å². The van der Waals surface area contributed by atoms with Gasteiger partial charge in [0, 0.05) is 12.8 Å². The first-order chi connectivity index (χ1) is 33.4. The highest BCUT2D eigenvalue weighted by Gasteiger charge is 2.51. The van der Waals surface area contributed by atoms with E-state index in [0.29, 0.717) is 25.7 Å². The Morgan fingerprint density at radius 3 is 1.19 bits per heavy atom. The van der Waals surface area contributed by atoms with Gasteiger partial charge >= 0.3 is 19.8 Å². The summed E-state index contributed by atoms with van der Waals surface area (Å²) in [5, 5.41) is 50.3. The minimum Gasteiger partial charge on any atom is -0.462 e. The standard InChI is InChI=1S/C55H101O13P/c1-3-5-7-9-11-13-15-17-19-21-22-23-24-25-26-28-30-32-34-36-38-40-42-44-49(57)67-47(46-66-69(63,64)68-55-53(61)51(59)50(58)52(60)54(55)62)45-65-48(56)43-41-39-37-35-33-31-29-27-20-18-16-14-12-10-8-6-4-2/h29,31,35-38,47,50-55,58-62H,3-28,30,32-34,39-46H2,1-2H3,(H,63,64)/b31-29+,37-35+,38-36+/t47-,50?,51-,52?,53?,54?,55?/m1/s1. The van der Waals surface area contributed by atoms with Crippen molar-refractivity contribution in [2.45, 2.75) is 288 Å². The van der Waals surface area contributed by atoms with Crippen molar-refractivity contribution in [2.75, 3.05) is 13.2 Å². The largest absolute Gasteiger partial charge is 0.472 e. The maximum Gasteiger partial charge on any atom is 0.472 e. The van der Waals surface area contributed by atoms with Crippen molar-refractivity contribution in [3.8, 4) is 0 Å². The zero-order chi connectivity index (χ0) is 50.6. The molecule has 13 nitrogen and oxygen atoms in total. The second-order valence-electron chi connectivity index (χ2n) is 19.4. The predicted molar refractivity (Wildman–Crippen MR) is 277 cm³/mol. The number of aliphatic hydroxyl groups is 5. The molecule has 1 fully saturated rings. The number of hydrogen-bond donors (Lipinski definition) is 6. The van der Waals surface area contributed by atoms with Gasteiger partial charge in [-0.05, 0) is 57.8 Å². The van der Waals surface area contributed by atoms with Gasteiger partial charge in [-0.2, -0.15) is 0 Å². The first kappa shape index (κ1) is 65.1. The summed E-state index contributed by atoms with van der Waals surface area (Å²) < 4.78 is 33.6. The Morgan fingerprint density at radius 2 is 0.783 bits per heavy atom. The molecule has 0 aromatic carbocycles. The Hall–Kier alpha value is -1.93. The molecule has 0 bridgehead atoms. The number of ether oxygens (including phenoxy) is 2. The zero-order valence-corrected chi connectivity index (χ0v) is 44.3. The maximum absolute atomic E-state index is 12.9. The van der Waals surface area contributed by atoms with E-state index in [1.165, 1.54) is 167 Å². The fraction of sp³-hybridized carbons (Fsp3) is 0.855. The maximum atomic E-state index is 12.9. The van der Waals surface area contributed by atoms with Gasteiger partial charge in [-0.1, -0.05) is 211 Å². The summed E-state index contributed by atoms with van der Waals surface area (Å²) in [6, 6.07) is 0. The lowest BCUT2D eigenvalue weighted by molar-refractivity contribution is -0.220. The van der Waals surface area contributed by atoms with Gasteiger partial charge in [0.2, 0.25) is 0 Å². The Morgan fingerprint density at radius 1 is 0.449 bits per heavy atom. The summed E-state index contributed by atoms with van der Waals surface area (Å²) >= 11 is 0. The van der Waals surface area contributed by atoms with E-state index in [4.69, 9.17) is 18.5 Å². The predicted octanol–water partition coefficient (Wildman–Crippen LogP) is 12.5. The molecule has 1 saturated carbocycles. The summed E-state index contributed by atoms with van der Waals surface area (Å²) in [6.07, 6.45) is 40.8. The molecule has 14 heteroatoms. The topological polar surface area (TPSA) is 210 Å². The van der Waals surface area contributed by atoms with E-state index in [2.05, 4.69) is 44.2 Å². The Kier molecular flexibility index (Phi) is 42.2. The van der Waals surface area contributed by atoms with Crippen LogP contribution in [0.15, 0.2) is 36.5 Å². The lowest BCUT2D eigenvalue weighted by Crippen LogP contribution is -2.64. The van der Waals surface area contributed by atoms with Gasteiger partial charge in [0.25, 0.3) is 0 Å². The van der Waals surface area contributed by atoms with E-state index < -0.39 is 75.7 Å². The smallest absolute Gasteiger partial charge is 0.462 e. The van der Waals surface area contributed by atoms with Crippen molar-refractivity contribution >= 4 is 19.8 Å². The number of carbonyl (C=O) groups excluding carboxylic acids is 2. The van der Waals surface area contributed by atoms with Crippen LogP contribution in [0.1, 0.15) is 245 Å². The summed E-state index contributed by atoms with van der Waals surface area (Å²) in [6.45, 7) is 3.29. The number of phosphoric ester groups is 1. The molecular weight excluding hydrogens is 900 g/mol. The molecule has 6 unspecified atom stereocenters. The van der Waals surface area contributed by atoms with Gasteiger partial charge in [0.1, 0.15) is 43.2 Å². The molecule has 1 aliphatic carbocycles. The lowest BCUT2D eigenvalue weighted by Gasteiger charge is -2.41. The summed E-state index contributed by atoms with van der Waals surface area (Å²) in [5.41, 5.74) is 0. The molecule has 1 aliphatic rings. The molecule has 0 aromatic rings. The molecule has 1 rings (SSSR count). The van der Waals surface area contributed by atoms with E-state index >= 15 is 0 Å². The number of phosphoric acid groups is 1. The van der Waals surface area contributed by atoms with Crippen LogP contribution in [0, 0.1) is 0 Å². The van der Waals surface area contributed by atoms with Crippen LogP contribution >= 0.6 is 7.82 Å². The fourth-order valence-corrected chi connectivity index (χ4v) is 9.48. The third kappa shape index (κ3) is 36.6. The number of rotatable bonds is 47. The van der Waals surface area contributed by atoms with Crippen LogP contribution in [-0.2, 0) is 32.7 Å². The van der Waals surface area contributed by atoms with Gasteiger partial charge in [0.05, 0.1) is 6.61 Å². The number of esters is 2. The van der Waals surface area contributed by atoms with Gasteiger partial charge in [-0.25, -0.2) is 4.57 Å². The van der Waals surface area contributed by atoms with E-state index in [-0.39, 0.29) is 12.8 Å². The Bertz CT molecular complexity index is 1340. The van der Waals surface area contributed by atoms with Crippen molar-refractivity contribution in [3.63, 3.8) is 0 Å². The summed E-state index contributed by atoms with van der Waals surface area (Å²) in [7, 11) is -5.14. The van der Waals surface area contributed by atoms with Crippen LogP contribution < -0.4 is 0 Å². The van der Waals surface area contributed by atoms with E-state index in [1.807, 2.05) is 6.08 Å². The van der Waals surface area contributed by atoms with Crippen molar-refractivity contribution in [2.24, 2.45) is 0 Å². The average Bonchev–Trinajstić information content (AvgIpc) is 3.33. The molecule has 404 valence electrons. The highest BCUT2D eigenvalue weighted by atomic mass is 31.2. The molecule has 0 radical (unpaired) electrons. The number of allylic oxidation sites excluding steroid dienone is 6. The highest BCUT2D eigenvalue weighted by Crippen LogP contribution is 2.47. The van der Waals surface area contributed by atoms with Gasteiger partial charge < -0.3 is 39.9 Å². The van der Waals surface area contributed by atoms with E-state index in [0.717, 1.165) is 25.7 Å². The molecule has 0 heterocycles. The van der Waals surface area contributed by atoms with Crippen molar-refractivity contribution in [3.05, 3.63) is 36.5 Å². The zero-order valence-electron chi connectivity index (χ0n) is 43.4. The normalized spacial score (nSPS) is 21.1. The molecule has 6 N–H and O–H groups in total. The molecule has 0 amide bonds. The van der Waals surface area contributed by atoms with Crippen LogP contribution in [0.25, 0.3) is 0 Å². The Labute approximate surface area is 418 Å². The second-order valence-corrected chi connectivity index (χ2v) is 20.8. The molecule has 69 heavy (non-hydrogen) atoms. The number of unbranched alkanes of at least 4 members (excludes halogenated alkanes) is 29. The molecular formula is C55H101O13P. The number of aliphatic hydroxyl groups excluding tert-OH is 5. The van der Waals surface area contributed by atoms with Crippen molar-refractivity contribution in [1.82, 2.24) is 0 Å². The van der Waals surface area contributed by atoms with Gasteiger partial charge in [0.15, 0.2) is 6.10 Å². The molecule has 0 saturated heterocycles. The third-order valence-corrected chi connectivity index (χ3v) is 13.9. The fourth-order valence-electron chi connectivity index (χ4n) is 8.51. The van der Waals surface area contributed by atoms with Crippen molar-refractivity contribution in [1.29, 1.82) is 0 Å². The number of hydrogen-bond acceptors (Lipinski definition) is 12. The van der Waals surface area contributed by atoms with Crippen LogP contribution in [0.2, 0.25) is 0 Å². The van der Waals surface area contributed by atoms with Crippen molar-refractivity contribution < 1.29 is 63.1 Å². The summed E-state index contributed by atoms with van der Waals surface area (Å²) in [4.78, 5) is 35.8. The van der Waals surface area contributed by atoms with Crippen LogP contribution in [0.3, 0.4) is 0 Å². The summed E-state index contributed by atoms with van der Waals surface area (Å²) in [5.74, 6) is -1.18. The minimum atomic E-state index is -5.14. The molecule has 0 aromatic heterocycles. The average molecular weight is 1000 g/mol. The third-order valence-electron chi connectivity index (χ3n) is 13.0. The first-order valence-corrected chi connectivity index (χ1v) is 29.3. The van der Waals surface area contributed by atoms with E-state index in [1.54, 1.807) is 0 Å². The SMILES string of the molecule is CCCCCCCCCCC/C=C/C/C=C/CCCC(=O)OC[C@H](COP(=O)(O)OC1C(O)C(O)C(O)[C@@H](O)C1O)OC(=O)CCC/C=C/CCCCCCCCCCCCCCCCCCCC. The molecule has 0 spiro atoms. The lowest BCUT2D eigenvalue weighted by atomic mass is 9.85. The molecule has 8 atom stereocenters. The van der Waals surface area contributed by atoms with Crippen LogP contribution in [0.5, 0.6) is 0 Å². The van der Waals surface area contributed by atoms with Gasteiger partial charge in [-0.3, -0.25) is 18.6 Å². The van der Waals surface area contributed by atoms with Gasteiger partial charge in [-0.15, -0.1) is 0 Å². The number of carbonyl (C=O) groups is 2. The monoisotopic (exact) mass is 1000 g/mol. The van der Waals surface area contributed by atoms with Crippen LogP contribution in [0.4, 0.5) is 0 Å². The molecule has 0 aliphatic heterocycles.